The molecule has 142 valence electrons. The fraction of sp³-hybridized carbons (Fsp3) is 0.500. The summed E-state index contributed by atoms with van der Waals surface area (Å²) >= 11 is 0. The molecule has 1 heterocycles. The zero-order valence-electron chi connectivity index (χ0n) is 16.2. The Balaban J connectivity index is 2.09. The number of benzene rings is 1. The van der Waals surface area contributed by atoms with Crippen LogP contribution < -0.4 is 4.90 Å². The third-order valence-corrected chi connectivity index (χ3v) is 4.84. The van der Waals surface area contributed by atoms with Crippen LogP contribution in [0.4, 0.5) is 5.69 Å². The first-order valence-corrected chi connectivity index (χ1v) is 8.83. The molecule has 2 rings (SSSR count). The van der Waals surface area contributed by atoms with Crippen molar-refractivity contribution in [2.75, 3.05) is 51.8 Å². The van der Waals surface area contributed by atoms with Gasteiger partial charge >= 0.3 is 0 Å². The summed E-state index contributed by atoms with van der Waals surface area (Å²) in [4.78, 5) is 30.4. The standard InChI is InChI=1S/C20H29N3O3/c1-6-18(24)21(4)17-9-7-16(8-10-17)19(25)23-12-11-22(13-14-26-5)15-20(23,2)3/h6-10H,1,11-15H2,2-5H3. The molecule has 1 aliphatic heterocycles. The Morgan fingerprint density at radius 3 is 2.46 bits per heavy atom. The third-order valence-electron chi connectivity index (χ3n) is 4.84. The van der Waals surface area contributed by atoms with Gasteiger partial charge in [0.25, 0.3) is 5.91 Å². The predicted octanol–water partition coefficient (Wildman–Crippen LogP) is 2.02. The molecule has 1 saturated heterocycles. The lowest BCUT2D eigenvalue weighted by Crippen LogP contribution is -2.61. The van der Waals surface area contributed by atoms with Gasteiger partial charge in [0.1, 0.15) is 0 Å². The Morgan fingerprint density at radius 2 is 1.92 bits per heavy atom. The van der Waals surface area contributed by atoms with Gasteiger partial charge in [-0.2, -0.15) is 0 Å². The molecule has 0 radical (unpaired) electrons. The average Bonchev–Trinajstić information content (AvgIpc) is 2.64. The van der Waals surface area contributed by atoms with E-state index in [1.165, 1.54) is 11.0 Å². The van der Waals surface area contributed by atoms with Gasteiger partial charge in [-0.25, -0.2) is 0 Å². The summed E-state index contributed by atoms with van der Waals surface area (Å²) in [6, 6.07) is 7.13. The summed E-state index contributed by atoms with van der Waals surface area (Å²) in [7, 11) is 3.39. The molecular formula is C20H29N3O3. The largest absolute Gasteiger partial charge is 0.383 e. The molecule has 6 heteroatoms. The minimum atomic E-state index is -0.253. The maximum absolute atomic E-state index is 13.0. The number of hydrogen-bond acceptors (Lipinski definition) is 4. The molecular weight excluding hydrogens is 330 g/mol. The van der Waals surface area contributed by atoms with Gasteiger partial charge in [0, 0.05) is 51.6 Å². The quantitative estimate of drug-likeness (QED) is 0.729. The molecule has 0 N–H and O–H groups in total. The number of likely N-dealkylation sites (N-methyl/N-ethyl adjacent to an activating group) is 1. The van der Waals surface area contributed by atoms with Gasteiger partial charge in [-0.1, -0.05) is 6.58 Å². The number of methoxy groups -OCH3 is 1. The van der Waals surface area contributed by atoms with Crippen molar-refractivity contribution in [2.45, 2.75) is 19.4 Å². The maximum atomic E-state index is 13.0. The fourth-order valence-corrected chi connectivity index (χ4v) is 3.29. The van der Waals surface area contributed by atoms with Gasteiger partial charge in [-0.15, -0.1) is 0 Å². The number of hydrogen-bond donors (Lipinski definition) is 0. The van der Waals surface area contributed by atoms with Gasteiger partial charge in [-0.05, 0) is 44.2 Å². The molecule has 1 aromatic rings. The molecule has 6 nitrogen and oxygen atoms in total. The molecule has 1 fully saturated rings. The number of carbonyl (C=O) groups is 2. The highest BCUT2D eigenvalue weighted by Crippen LogP contribution is 2.24. The Bertz CT molecular complexity index is 655. The van der Waals surface area contributed by atoms with Crippen molar-refractivity contribution in [3.8, 4) is 0 Å². The normalized spacial score (nSPS) is 17.0. The molecule has 1 aliphatic rings. The smallest absolute Gasteiger partial charge is 0.254 e. The number of carbonyl (C=O) groups excluding carboxylic acids is 2. The van der Waals surface area contributed by atoms with Crippen LogP contribution in [-0.4, -0.2) is 74.1 Å². The minimum Gasteiger partial charge on any atom is -0.383 e. The fourth-order valence-electron chi connectivity index (χ4n) is 3.29. The second-order valence-electron chi connectivity index (χ2n) is 7.19. The molecule has 0 aliphatic carbocycles. The van der Waals surface area contributed by atoms with E-state index >= 15 is 0 Å². The highest BCUT2D eigenvalue weighted by molar-refractivity contribution is 6.01. The highest BCUT2D eigenvalue weighted by atomic mass is 16.5. The number of anilines is 1. The number of ether oxygens (including phenoxy) is 1. The monoisotopic (exact) mass is 359 g/mol. The molecule has 0 aromatic heterocycles. The molecule has 0 spiro atoms. The van der Waals surface area contributed by atoms with E-state index in [9.17, 15) is 9.59 Å². The molecule has 26 heavy (non-hydrogen) atoms. The zero-order valence-corrected chi connectivity index (χ0v) is 16.2. The van der Waals surface area contributed by atoms with Crippen LogP contribution in [0.5, 0.6) is 0 Å². The topological polar surface area (TPSA) is 53.1 Å². The van der Waals surface area contributed by atoms with E-state index in [0.717, 1.165) is 25.3 Å². The Kier molecular flexibility index (Phi) is 6.56. The molecule has 1 aromatic carbocycles. The highest BCUT2D eigenvalue weighted by Gasteiger charge is 2.36. The lowest BCUT2D eigenvalue weighted by atomic mass is 9.97. The van der Waals surface area contributed by atoms with Gasteiger partial charge < -0.3 is 14.5 Å². The molecule has 0 atom stereocenters. The lowest BCUT2D eigenvalue weighted by molar-refractivity contribution is -0.113. The van der Waals surface area contributed by atoms with Gasteiger partial charge in [0.15, 0.2) is 0 Å². The van der Waals surface area contributed by atoms with Crippen molar-refractivity contribution in [2.24, 2.45) is 0 Å². The van der Waals surface area contributed by atoms with E-state index in [-0.39, 0.29) is 17.4 Å². The number of amides is 2. The van der Waals surface area contributed by atoms with Gasteiger partial charge in [-0.3, -0.25) is 14.5 Å². The number of nitrogens with zero attached hydrogens (tertiary/aromatic N) is 3. The molecule has 2 amide bonds. The summed E-state index contributed by atoms with van der Waals surface area (Å²) < 4.78 is 5.16. The lowest BCUT2D eigenvalue weighted by Gasteiger charge is -2.47. The predicted molar refractivity (Wildman–Crippen MR) is 103 cm³/mol. The zero-order chi connectivity index (χ0) is 19.3. The van der Waals surface area contributed by atoms with E-state index < -0.39 is 0 Å². The van der Waals surface area contributed by atoms with E-state index in [2.05, 4.69) is 25.3 Å². The van der Waals surface area contributed by atoms with Crippen LogP contribution in [0.15, 0.2) is 36.9 Å². The SMILES string of the molecule is C=CC(=O)N(C)c1ccc(C(=O)N2CCN(CCOC)CC2(C)C)cc1. The Morgan fingerprint density at radius 1 is 1.27 bits per heavy atom. The molecule has 0 unspecified atom stereocenters. The van der Waals surface area contributed by atoms with Crippen LogP contribution >= 0.6 is 0 Å². The number of piperazine rings is 1. The Hall–Kier alpha value is -2.18. The maximum Gasteiger partial charge on any atom is 0.254 e. The first-order valence-electron chi connectivity index (χ1n) is 8.83. The first kappa shape index (κ1) is 20.1. The van der Waals surface area contributed by atoms with E-state index in [1.54, 1.807) is 38.4 Å². The van der Waals surface area contributed by atoms with E-state index in [4.69, 9.17) is 4.74 Å². The van der Waals surface area contributed by atoms with E-state index in [1.807, 2.05) is 4.90 Å². The minimum absolute atomic E-state index is 0.0191. The van der Waals surface area contributed by atoms with Crippen LogP contribution in [0.1, 0.15) is 24.2 Å². The Labute approximate surface area is 156 Å². The van der Waals surface area contributed by atoms with Crippen LogP contribution in [0.3, 0.4) is 0 Å². The average molecular weight is 359 g/mol. The summed E-state index contributed by atoms with van der Waals surface area (Å²) in [6.45, 7) is 11.6. The second-order valence-corrected chi connectivity index (χ2v) is 7.19. The van der Waals surface area contributed by atoms with Crippen molar-refractivity contribution in [1.29, 1.82) is 0 Å². The van der Waals surface area contributed by atoms with Gasteiger partial charge in [0.05, 0.1) is 12.1 Å². The summed E-state index contributed by atoms with van der Waals surface area (Å²) in [5.74, 6) is -0.164. The summed E-state index contributed by atoms with van der Waals surface area (Å²) in [5.41, 5.74) is 1.11. The van der Waals surface area contributed by atoms with Crippen molar-refractivity contribution < 1.29 is 14.3 Å². The van der Waals surface area contributed by atoms with Crippen molar-refractivity contribution in [3.05, 3.63) is 42.5 Å². The molecule has 0 saturated carbocycles. The van der Waals surface area contributed by atoms with Crippen molar-refractivity contribution in [3.63, 3.8) is 0 Å². The van der Waals surface area contributed by atoms with Crippen LogP contribution in [0.25, 0.3) is 0 Å². The number of rotatable bonds is 6. The van der Waals surface area contributed by atoms with Crippen LogP contribution in [-0.2, 0) is 9.53 Å². The van der Waals surface area contributed by atoms with Crippen molar-refractivity contribution >= 4 is 17.5 Å². The van der Waals surface area contributed by atoms with E-state index in [0.29, 0.717) is 18.7 Å². The third kappa shape index (κ3) is 4.51. The van der Waals surface area contributed by atoms with Crippen molar-refractivity contribution in [1.82, 2.24) is 9.80 Å². The van der Waals surface area contributed by atoms with Gasteiger partial charge in [0.2, 0.25) is 5.91 Å². The molecule has 0 bridgehead atoms. The second kappa shape index (κ2) is 8.47. The summed E-state index contributed by atoms with van der Waals surface area (Å²) in [5, 5.41) is 0. The first-order chi connectivity index (χ1) is 12.3. The summed E-state index contributed by atoms with van der Waals surface area (Å²) in [6.07, 6.45) is 1.27. The van der Waals surface area contributed by atoms with Crippen LogP contribution in [0, 0.1) is 0 Å². The van der Waals surface area contributed by atoms with Crippen LogP contribution in [0.2, 0.25) is 0 Å².